The van der Waals surface area contributed by atoms with Gasteiger partial charge in [0.25, 0.3) is 0 Å². The summed E-state index contributed by atoms with van der Waals surface area (Å²) in [6.45, 7) is 4.71. The molecule has 0 atom stereocenters. The molecule has 0 spiro atoms. The van der Waals surface area contributed by atoms with Gasteiger partial charge in [-0.3, -0.25) is 0 Å². The van der Waals surface area contributed by atoms with E-state index >= 15 is 0 Å². The Morgan fingerprint density at radius 3 is 2.69 bits per heavy atom. The minimum atomic E-state index is 0.710. The summed E-state index contributed by atoms with van der Waals surface area (Å²) < 4.78 is 0. The molecule has 0 aliphatic carbocycles. The predicted molar refractivity (Wildman–Crippen MR) is 67.9 cm³/mol. The largest absolute Gasteiger partial charge is 0.357 e. The Kier molecular flexibility index (Phi) is 4.98. The Labute approximate surface area is 97.3 Å². The Hall–Kier alpha value is -1.36. The van der Waals surface area contributed by atoms with Crippen LogP contribution in [0.3, 0.4) is 0 Å². The first kappa shape index (κ1) is 12.7. The lowest BCUT2D eigenvalue weighted by Gasteiger charge is -2.22. The predicted octanol–water partition coefficient (Wildman–Crippen LogP) is 0.718. The zero-order chi connectivity index (χ0) is 12.0. The van der Waals surface area contributed by atoms with E-state index in [2.05, 4.69) is 21.8 Å². The molecule has 5 heteroatoms. The van der Waals surface area contributed by atoms with Crippen molar-refractivity contribution in [3.8, 4) is 0 Å². The third kappa shape index (κ3) is 3.34. The SMILES string of the molecule is CCN(CCCN)c1ccnc(N(C)C)n1. The van der Waals surface area contributed by atoms with Gasteiger partial charge in [-0.1, -0.05) is 0 Å². The summed E-state index contributed by atoms with van der Waals surface area (Å²) in [6.07, 6.45) is 2.78. The fourth-order valence-corrected chi connectivity index (χ4v) is 1.45. The van der Waals surface area contributed by atoms with E-state index in [-0.39, 0.29) is 0 Å². The van der Waals surface area contributed by atoms with Crippen LogP contribution in [0.1, 0.15) is 13.3 Å². The van der Waals surface area contributed by atoms with E-state index in [1.54, 1.807) is 6.20 Å². The highest BCUT2D eigenvalue weighted by Gasteiger charge is 2.07. The molecule has 1 heterocycles. The lowest BCUT2D eigenvalue weighted by atomic mass is 10.3. The molecular weight excluding hydrogens is 202 g/mol. The molecule has 0 unspecified atom stereocenters. The first-order chi connectivity index (χ1) is 7.69. The van der Waals surface area contributed by atoms with Gasteiger partial charge in [0.1, 0.15) is 5.82 Å². The van der Waals surface area contributed by atoms with Gasteiger partial charge in [-0.15, -0.1) is 0 Å². The molecule has 0 aliphatic heterocycles. The third-order valence-electron chi connectivity index (χ3n) is 2.37. The van der Waals surface area contributed by atoms with Gasteiger partial charge >= 0.3 is 0 Å². The van der Waals surface area contributed by atoms with Gasteiger partial charge in [-0.05, 0) is 26.0 Å². The lowest BCUT2D eigenvalue weighted by Crippen LogP contribution is -2.27. The minimum Gasteiger partial charge on any atom is -0.357 e. The standard InChI is InChI=1S/C11H21N5/c1-4-16(9-5-7-12)10-6-8-13-11(14-10)15(2)3/h6,8H,4-5,7,9,12H2,1-3H3. The van der Waals surface area contributed by atoms with Crippen molar-refractivity contribution in [2.45, 2.75) is 13.3 Å². The van der Waals surface area contributed by atoms with Crippen LogP contribution in [0.5, 0.6) is 0 Å². The van der Waals surface area contributed by atoms with Crippen molar-refractivity contribution in [2.24, 2.45) is 5.73 Å². The van der Waals surface area contributed by atoms with E-state index in [0.29, 0.717) is 6.54 Å². The molecule has 16 heavy (non-hydrogen) atoms. The smallest absolute Gasteiger partial charge is 0.226 e. The molecule has 0 aliphatic rings. The molecule has 0 fully saturated rings. The van der Waals surface area contributed by atoms with Gasteiger partial charge in [-0.25, -0.2) is 4.98 Å². The number of rotatable bonds is 6. The van der Waals surface area contributed by atoms with E-state index in [0.717, 1.165) is 31.3 Å². The van der Waals surface area contributed by atoms with Crippen molar-refractivity contribution in [1.82, 2.24) is 9.97 Å². The van der Waals surface area contributed by atoms with E-state index < -0.39 is 0 Å². The first-order valence-corrected chi connectivity index (χ1v) is 5.64. The summed E-state index contributed by atoms with van der Waals surface area (Å²) in [5, 5.41) is 0. The zero-order valence-electron chi connectivity index (χ0n) is 10.3. The molecule has 1 aromatic rings. The highest BCUT2D eigenvalue weighted by molar-refractivity contribution is 5.42. The average molecular weight is 223 g/mol. The summed E-state index contributed by atoms with van der Waals surface area (Å²) >= 11 is 0. The second-order valence-corrected chi connectivity index (χ2v) is 3.83. The van der Waals surface area contributed by atoms with E-state index in [9.17, 15) is 0 Å². The van der Waals surface area contributed by atoms with Crippen LogP contribution in [0, 0.1) is 0 Å². The quantitative estimate of drug-likeness (QED) is 0.770. The van der Waals surface area contributed by atoms with Crippen LogP contribution in [-0.2, 0) is 0 Å². The zero-order valence-corrected chi connectivity index (χ0v) is 10.3. The fourth-order valence-electron chi connectivity index (χ4n) is 1.45. The van der Waals surface area contributed by atoms with Crippen molar-refractivity contribution in [1.29, 1.82) is 0 Å². The molecule has 0 bridgehead atoms. The van der Waals surface area contributed by atoms with Crippen molar-refractivity contribution in [3.05, 3.63) is 12.3 Å². The maximum atomic E-state index is 5.52. The topological polar surface area (TPSA) is 58.3 Å². The molecule has 0 saturated carbocycles. The Morgan fingerprint density at radius 1 is 1.38 bits per heavy atom. The Bertz CT molecular complexity index is 313. The number of anilines is 2. The second-order valence-electron chi connectivity index (χ2n) is 3.83. The van der Waals surface area contributed by atoms with Gasteiger partial charge in [0, 0.05) is 33.4 Å². The van der Waals surface area contributed by atoms with Crippen LogP contribution >= 0.6 is 0 Å². The van der Waals surface area contributed by atoms with Crippen LogP contribution in [-0.4, -0.2) is 43.7 Å². The highest BCUT2D eigenvalue weighted by Crippen LogP contribution is 2.13. The van der Waals surface area contributed by atoms with Gasteiger partial charge in [0.2, 0.25) is 5.95 Å². The van der Waals surface area contributed by atoms with Crippen molar-refractivity contribution in [3.63, 3.8) is 0 Å². The lowest BCUT2D eigenvalue weighted by molar-refractivity contribution is 0.742. The van der Waals surface area contributed by atoms with E-state index in [1.807, 2.05) is 25.1 Å². The number of nitrogens with zero attached hydrogens (tertiary/aromatic N) is 4. The summed E-state index contributed by atoms with van der Waals surface area (Å²) in [5.41, 5.74) is 5.52. The molecule has 0 amide bonds. The highest BCUT2D eigenvalue weighted by atomic mass is 15.3. The minimum absolute atomic E-state index is 0.710. The molecule has 5 nitrogen and oxygen atoms in total. The van der Waals surface area contributed by atoms with Crippen LogP contribution in [0.2, 0.25) is 0 Å². The maximum absolute atomic E-state index is 5.52. The van der Waals surface area contributed by atoms with Crippen molar-refractivity contribution >= 4 is 11.8 Å². The fraction of sp³-hybridized carbons (Fsp3) is 0.636. The van der Waals surface area contributed by atoms with Crippen molar-refractivity contribution in [2.75, 3.05) is 43.5 Å². The summed E-state index contributed by atoms with van der Waals surface area (Å²) in [6, 6.07) is 1.94. The maximum Gasteiger partial charge on any atom is 0.226 e. The molecule has 2 N–H and O–H groups in total. The number of hydrogen-bond acceptors (Lipinski definition) is 5. The summed E-state index contributed by atoms with van der Waals surface area (Å²) in [7, 11) is 3.88. The molecule has 0 saturated heterocycles. The Morgan fingerprint density at radius 2 is 2.12 bits per heavy atom. The van der Waals surface area contributed by atoms with Crippen LogP contribution in [0.15, 0.2) is 12.3 Å². The van der Waals surface area contributed by atoms with Gasteiger partial charge in [0.15, 0.2) is 0 Å². The second kappa shape index (κ2) is 6.27. The molecule has 1 aromatic heterocycles. The van der Waals surface area contributed by atoms with Gasteiger partial charge < -0.3 is 15.5 Å². The number of nitrogens with two attached hydrogens (primary N) is 1. The normalized spacial score (nSPS) is 10.2. The number of aromatic nitrogens is 2. The summed E-state index contributed by atoms with van der Waals surface area (Å²) in [5.74, 6) is 1.71. The van der Waals surface area contributed by atoms with Crippen LogP contribution in [0.25, 0.3) is 0 Å². The molecule has 0 aromatic carbocycles. The Balaban J connectivity index is 2.79. The summed E-state index contributed by atoms with van der Waals surface area (Å²) in [4.78, 5) is 12.8. The first-order valence-electron chi connectivity index (χ1n) is 5.64. The van der Waals surface area contributed by atoms with E-state index in [1.165, 1.54) is 0 Å². The van der Waals surface area contributed by atoms with Crippen LogP contribution in [0.4, 0.5) is 11.8 Å². The number of hydrogen-bond donors (Lipinski definition) is 1. The van der Waals surface area contributed by atoms with Gasteiger partial charge in [0.05, 0.1) is 0 Å². The molecular formula is C11H21N5. The third-order valence-corrected chi connectivity index (χ3v) is 2.37. The van der Waals surface area contributed by atoms with Gasteiger partial charge in [-0.2, -0.15) is 4.98 Å². The monoisotopic (exact) mass is 223 g/mol. The van der Waals surface area contributed by atoms with Crippen LogP contribution < -0.4 is 15.5 Å². The van der Waals surface area contributed by atoms with Crippen molar-refractivity contribution < 1.29 is 0 Å². The average Bonchev–Trinajstić information content (AvgIpc) is 2.30. The molecule has 1 rings (SSSR count). The van der Waals surface area contributed by atoms with E-state index in [4.69, 9.17) is 5.73 Å². The molecule has 90 valence electrons. The molecule has 0 radical (unpaired) electrons.